The van der Waals surface area contributed by atoms with Crippen molar-refractivity contribution in [3.05, 3.63) is 54.9 Å². The summed E-state index contributed by atoms with van der Waals surface area (Å²) in [6.45, 7) is 7.80. The van der Waals surface area contributed by atoms with Gasteiger partial charge in [-0.15, -0.1) is 0 Å². The Kier molecular flexibility index (Phi) is 5.08. The molecule has 0 aromatic carbocycles. The molecule has 1 unspecified atom stereocenters. The molecular weight excluding hydrogens is 366 g/mol. The molecule has 3 aromatic heterocycles. The van der Waals surface area contributed by atoms with Gasteiger partial charge >= 0.3 is 6.03 Å². The molecule has 0 radical (unpaired) electrons. The van der Waals surface area contributed by atoms with Gasteiger partial charge in [0.25, 0.3) is 0 Å². The van der Waals surface area contributed by atoms with E-state index in [0.717, 1.165) is 31.6 Å². The second-order valence-corrected chi connectivity index (χ2v) is 8.44. The van der Waals surface area contributed by atoms with Crippen LogP contribution in [0.2, 0.25) is 0 Å². The largest absolute Gasteiger partial charge is 0.335 e. The summed E-state index contributed by atoms with van der Waals surface area (Å²) in [7, 11) is 0. The summed E-state index contributed by atoms with van der Waals surface area (Å²) in [5.41, 5.74) is 0.756. The Morgan fingerprint density at radius 2 is 2.14 bits per heavy atom. The lowest BCUT2D eigenvalue weighted by atomic mass is 9.92. The molecule has 0 spiro atoms. The minimum atomic E-state index is -0.142. The Balaban J connectivity index is 1.58. The minimum Gasteiger partial charge on any atom is -0.335 e. The molecule has 4 rings (SSSR count). The molecule has 29 heavy (non-hydrogen) atoms. The molecule has 0 bridgehead atoms. The number of nitrogens with zero attached hydrogens (tertiary/aromatic N) is 6. The summed E-state index contributed by atoms with van der Waals surface area (Å²) in [4.78, 5) is 23.5. The Bertz CT molecular complexity index is 957. The zero-order valence-corrected chi connectivity index (χ0v) is 17.1. The molecule has 2 amide bonds. The van der Waals surface area contributed by atoms with Gasteiger partial charge in [-0.1, -0.05) is 26.8 Å². The summed E-state index contributed by atoms with van der Waals surface area (Å²) >= 11 is 0. The van der Waals surface area contributed by atoms with E-state index in [-0.39, 0.29) is 17.5 Å². The number of imidazole rings is 1. The predicted molar refractivity (Wildman–Crippen MR) is 111 cm³/mol. The lowest BCUT2D eigenvalue weighted by Crippen LogP contribution is -2.41. The standard InChI is InChI=1S/C21H27N7O/c1-21(2,3)17-13-19(28(25-17)18-8-4-5-9-23-18)24-20(29)27-11-6-7-16(27)14-26-12-10-22-15-26/h4-5,8-10,12-13,15-16H,6-7,11,14H2,1-3H3,(H,24,29). The fourth-order valence-corrected chi connectivity index (χ4v) is 3.60. The fourth-order valence-electron chi connectivity index (χ4n) is 3.60. The van der Waals surface area contributed by atoms with Gasteiger partial charge < -0.3 is 9.47 Å². The molecule has 1 aliphatic rings. The highest BCUT2D eigenvalue weighted by Crippen LogP contribution is 2.27. The topological polar surface area (TPSA) is 80.9 Å². The first kappa shape index (κ1) is 19.2. The van der Waals surface area contributed by atoms with Crippen LogP contribution in [0, 0.1) is 0 Å². The van der Waals surface area contributed by atoms with Gasteiger partial charge in [0.1, 0.15) is 5.82 Å². The highest BCUT2D eigenvalue weighted by molar-refractivity contribution is 5.89. The van der Waals surface area contributed by atoms with E-state index in [4.69, 9.17) is 5.10 Å². The van der Waals surface area contributed by atoms with E-state index < -0.39 is 0 Å². The number of hydrogen-bond acceptors (Lipinski definition) is 4. The SMILES string of the molecule is CC(C)(C)c1cc(NC(=O)N2CCCC2Cn2ccnc2)n(-c2ccccn2)n1. The van der Waals surface area contributed by atoms with Crippen molar-refractivity contribution in [3.8, 4) is 5.82 Å². The van der Waals surface area contributed by atoms with Crippen LogP contribution in [0.5, 0.6) is 0 Å². The Labute approximate surface area is 170 Å². The molecule has 1 atom stereocenters. The third kappa shape index (κ3) is 4.16. The van der Waals surface area contributed by atoms with Crippen LogP contribution in [0.15, 0.2) is 49.2 Å². The zero-order chi connectivity index (χ0) is 20.4. The normalized spacial score (nSPS) is 16.9. The van der Waals surface area contributed by atoms with Crippen LogP contribution >= 0.6 is 0 Å². The maximum Gasteiger partial charge on any atom is 0.323 e. The number of pyridine rings is 1. The number of anilines is 1. The fraction of sp³-hybridized carbons (Fsp3) is 0.429. The van der Waals surface area contributed by atoms with Gasteiger partial charge in [-0.25, -0.2) is 14.8 Å². The van der Waals surface area contributed by atoms with Gasteiger partial charge in [0.05, 0.1) is 18.1 Å². The summed E-state index contributed by atoms with van der Waals surface area (Å²) in [5, 5.41) is 7.80. The number of likely N-dealkylation sites (tertiary alicyclic amines) is 1. The summed E-state index contributed by atoms with van der Waals surface area (Å²) in [6.07, 6.45) is 9.19. The molecule has 0 aliphatic carbocycles. The third-order valence-electron chi connectivity index (χ3n) is 5.20. The van der Waals surface area contributed by atoms with E-state index in [1.165, 1.54) is 0 Å². The average molecular weight is 393 g/mol. The second-order valence-electron chi connectivity index (χ2n) is 8.44. The molecule has 0 saturated carbocycles. The van der Waals surface area contributed by atoms with Crippen molar-refractivity contribution in [2.24, 2.45) is 0 Å². The van der Waals surface area contributed by atoms with Crippen LogP contribution in [0.4, 0.5) is 10.6 Å². The smallest absolute Gasteiger partial charge is 0.323 e. The van der Waals surface area contributed by atoms with Crippen molar-refractivity contribution in [1.82, 2.24) is 29.2 Å². The lowest BCUT2D eigenvalue weighted by molar-refractivity contribution is 0.201. The van der Waals surface area contributed by atoms with Crippen LogP contribution in [0.3, 0.4) is 0 Å². The molecule has 152 valence electrons. The summed E-state index contributed by atoms with van der Waals surface area (Å²) in [6, 6.07) is 7.64. The van der Waals surface area contributed by atoms with Crippen molar-refractivity contribution in [2.75, 3.05) is 11.9 Å². The van der Waals surface area contributed by atoms with Crippen LogP contribution in [-0.2, 0) is 12.0 Å². The van der Waals surface area contributed by atoms with Gasteiger partial charge in [-0.05, 0) is 25.0 Å². The van der Waals surface area contributed by atoms with Gasteiger partial charge in [-0.2, -0.15) is 9.78 Å². The molecule has 8 heteroatoms. The van der Waals surface area contributed by atoms with E-state index in [1.54, 1.807) is 23.4 Å². The predicted octanol–water partition coefficient (Wildman–Crippen LogP) is 3.46. The number of carbonyl (C=O) groups excluding carboxylic acids is 1. The highest BCUT2D eigenvalue weighted by Gasteiger charge is 2.30. The van der Waals surface area contributed by atoms with Crippen molar-refractivity contribution in [2.45, 2.75) is 51.6 Å². The average Bonchev–Trinajstić information content (AvgIpc) is 3.43. The van der Waals surface area contributed by atoms with Crippen LogP contribution in [0.25, 0.3) is 5.82 Å². The van der Waals surface area contributed by atoms with Crippen LogP contribution < -0.4 is 5.32 Å². The zero-order valence-electron chi connectivity index (χ0n) is 17.1. The molecule has 1 saturated heterocycles. The minimum absolute atomic E-state index is 0.106. The summed E-state index contributed by atoms with van der Waals surface area (Å²) in [5.74, 6) is 1.31. The maximum absolute atomic E-state index is 13.1. The molecule has 4 heterocycles. The van der Waals surface area contributed by atoms with Crippen LogP contribution in [0.1, 0.15) is 39.3 Å². The quantitative estimate of drug-likeness (QED) is 0.736. The lowest BCUT2D eigenvalue weighted by Gasteiger charge is -2.25. The van der Waals surface area contributed by atoms with Crippen molar-refractivity contribution < 1.29 is 4.79 Å². The van der Waals surface area contributed by atoms with Crippen molar-refractivity contribution in [1.29, 1.82) is 0 Å². The van der Waals surface area contributed by atoms with Crippen molar-refractivity contribution in [3.63, 3.8) is 0 Å². The second kappa shape index (κ2) is 7.69. The summed E-state index contributed by atoms with van der Waals surface area (Å²) < 4.78 is 3.73. The monoisotopic (exact) mass is 393 g/mol. The van der Waals surface area contributed by atoms with E-state index >= 15 is 0 Å². The number of hydrogen-bond donors (Lipinski definition) is 1. The number of rotatable bonds is 4. The first-order valence-corrected chi connectivity index (χ1v) is 9.97. The van der Waals surface area contributed by atoms with E-state index in [9.17, 15) is 4.79 Å². The third-order valence-corrected chi connectivity index (χ3v) is 5.20. The van der Waals surface area contributed by atoms with Crippen LogP contribution in [-0.4, -0.2) is 47.8 Å². The van der Waals surface area contributed by atoms with Crippen molar-refractivity contribution >= 4 is 11.8 Å². The molecule has 3 aromatic rings. The molecule has 1 aliphatic heterocycles. The number of nitrogens with one attached hydrogen (secondary N) is 1. The molecule has 1 N–H and O–H groups in total. The van der Waals surface area contributed by atoms with Gasteiger partial charge in [-0.3, -0.25) is 5.32 Å². The number of carbonyl (C=O) groups is 1. The Morgan fingerprint density at radius 3 is 2.83 bits per heavy atom. The number of urea groups is 1. The van der Waals surface area contributed by atoms with Gasteiger partial charge in [0.15, 0.2) is 5.82 Å². The van der Waals surface area contributed by atoms with E-state index in [2.05, 4.69) is 36.1 Å². The van der Waals surface area contributed by atoms with E-state index in [0.29, 0.717) is 11.6 Å². The highest BCUT2D eigenvalue weighted by atomic mass is 16.2. The Morgan fingerprint density at radius 1 is 1.28 bits per heavy atom. The van der Waals surface area contributed by atoms with Gasteiger partial charge in [0.2, 0.25) is 0 Å². The Hall–Kier alpha value is -3.16. The molecule has 8 nitrogen and oxygen atoms in total. The molecular formula is C21H27N7O. The van der Waals surface area contributed by atoms with Gasteiger partial charge in [0, 0.05) is 43.2 Å². The first-order valence-electron chi connectivity index (χ1n) is 9.97. The first-order chi connectivity index (χ1) is 13.9. The number of aromatic nitrogens is 5. The maximum atomic E-state index is 13.1. The number of amides is 2. The van der Waals surface area contributed by atoms with E-state index in [1.807, 2.05) is 39.9 Å². The molecule has 1 fully saturated rings.